The van der Waals surface area contributed by atoms with E-state index in [2.05, 4.69) is 48.3 Å². The molecule has 0 aromatic heterocycles. The van der Waals surface area contributed by atoms with Gasteiger partial charge in [0.15, 0.2) is 0 Å². The highest BCUT2D eigenvalue weighted by molar-refractivity contribution is 5.55. The molecular formula is C15H24N2. The van der Waals surface area contributed by atoms with Gasteiger partial charge >= 0.3 is 0 Å². The number of hydrogen-bond acceptors (Lipinski definition) is 2. The first-order valence-corrected chi connectivity index (χ1v) is 6.94. The third-order valence-electron chi connectivity index (χ3n) is 3.52. The van der Waals surface area contributed by atoms with E-state index in [-0.39, 0.29) is 0 Å². The van der Waals surface area contributed by atoms with E-state index in [4.69, 9.17) is 0 Å². The molecule has 0 bridgehead atoms. The third-order valence-corrected chi connectivity index (χ3v) is 3.52. The molecule has 1 aliphatic rings. The SMILES string of the molecule is CCCN1CCCC(NCC)c2ccccc21. The molecule has 2 rings (SSSR count). The van der Waals surface area contributed by atoms with Gasteiger partial charge in [-0.3, -0.25) is 0 Å². The van der Waals surface area contributed by atoms with Crippen molar-refractivity contribution in [1.29, 1.82) is 0 Å². The van der Waals surface area contributed by atoms with Crippen LogP contribution < -0.4 is 10.2 Å². The number of rotatable bonds is 4. The van der Waals surface area contributed by atoms with Crippen LogP contribution in [-0.4, -0.2) is 19.6 Å². The van der Waals surface area contributed by atoms with Crippen LogP contribution in [-0.2, 0) is 0 Å². The van der Waals surface area contributed by atoms with Gasteiger partial charge in [-0.25, -0.2) is 0 Å². The van der Waals surface area contributed by atoms with Crippen LogP contribution in [0.3, 0.4) is 0 Å². The molecule has 0 spiro atoms. The molecule has 1 aromatic rings. The molecule has 1 unspecified atom stereocenters. The lowest BCUT2D eigenvalue weighted by Crippen LogP contribution is -2.25. The maximum atomic E-state index is 3.62. The molecule has 2 nitrogen and oxygen atoms in total. The van der Waals surface area contributed by atoms with E-state index < -0.39 is 0 Å². The Bertz CT molecular complexity index is 316. The first-order chi connectivity index (χ1) is 8.36. The summed E-state index contributed by atoms with van der Waals surface area (Å²) in [5.41, 5.74) is 2.93. The van der Waals surface area contributed by atoms with Crippen molar-refractivity contribution in [2.45, 2.75) is 39.2 Å². The van der Waals surface area contributed by atoms with E-state index in [1.807, 2.05) is 0 Å². The van der Waals surface area contributed by atoms with Gasteiger partial charge in [-0.1, -0.05) is 32.0 Å². The highest BCUT2D eigenvalue weighted by Gasteiger charge is 2.21. The summed E-state index contributed by atoms with van der Waals surface area (Å²) < 4.78 is 0. The maximum absolute atomic E-state index is 3.62. The average molecular weight is 232 g/mol. The Hall–Kier alpha value is -1.02. The van der Waals surface area contributed by atoms with Crippen molar-refractivity contribution < 1.29 is 0 Å². The molecule has 0 radical (unpaired) electrons. The van der Waals surface area contributed by atoms with Crippen LogP contribution >= 0.6 is 0 Å². The maximum Gasteiger partial charge on any atom is 0.0414 e. The quantitative estimate of drug-likeness (QED) is 0.856. The highest BCUT2D eigenvalue weighted by Crippen LogP contribution is 2.32. The third kappa shape index (κ3) is 2.81. The van der Waals surface area contributed by atoms with Crippen molar-refractivity contribution in [2.75, 3.05) is 24.5 Å². The van der Waals surface area contributed by atoms with Gasteiger partial charge in [0.2, 0.25) is 0 Å². The fourth-order valence-corrected chi connectivity index (χ4v) is 2.79. The molecule has 17 heavy (non-hydrogen) atoms. The van der Waals surface area contributed by atoms with E-state index in [1.165, 1.54) is 43.6 Å². The van der Waals surface area contributed by atoms with Crippen molar-refractivity contribution in [2.24, 2.45) is 0 Å². The predicted octanol–water partition coefficient (Wildman–Crippen LogP) is 3.35. The second-order valence-electron chi connectivity index (χ2n) is 4.80. The molecule has 0 aliphatic carbocycles. The summed E-state index contributed by atoms with van der Waals surface area (Å²) in [6.45, 7) is 7.88. The van der Waals surface area contributed by atoms with Crippen molar-refractivity contribution in [3.8, 4) is 0 Å². The number of para-hydroxylation sites is 1. The average Bonchev–Trinajstić information content (AvgIpc) is 2.52. The van der Waals surface area contributed by atoms with E-state index in [0.29, 0.717) is 6.04 Å². The minimum Gasteiger partial charge on any atom is -0.371 e. The highest BCUT2D eigenvalue weighted by atomic mass is 15.1. The van der Waals surface area contributed by atoms with Crippen LogP contribution in [0.2, 0.25) is 0 Å². The summed E-state index contributed by atoms with van der Waals surface area (Å²) in [4.78, 5) is 2.55. The minimum atomic E-state index is 0.540. The van der Waals surface area contributed by atoms with Crippen molar-refractivity contribution in [3.63, 3.8) is 0 Å². The van der Waals surface area contributed by atoms with Crippen LogP contribution in [0, 0.1) is 0 Å². The first-order valence-electron chi connectivity index (χ1n) is 6.94. The second kappa shape index (κ2) is 6.06. The molecule has 0 fully saturated rings. The standard InChI is InChI=1S/C15H24N2/c1-3-11-17-12-7-9-14(16-4-2)13-8-5-6-10-15(13)17/h5-6,8,10,14,16H,3-4,7,9,11-12H2,1-2H3. The number of benzene rings is 1. The molecule has 1 heterocycles. The molecule has 2 heteroatoms. The summed E-state index contributed by atoms with van der Waals surface area (Å²) in [6, 6.07) is 9.43. The van der Waals surface area contributed by atoms with Gasteiger partial charge in [0, 0.05) is 24.8 Å². The monoisotopic (exact) mass is 232 g/mol. The number of nitrogens with zero attached hydrogens (tertiary/aromatic N) is 1. The predicted molar refractivity (Wildman–Crippen MR) is 74.6 cm³/mol. The Morgan fingerprint density at radius 1 is 1.29 bits per heavy atom. The molecule has 1 aromatic carbocycles. The molecule has 1 atom stereocenters. The summed E-state index contributed by atoms with van der Waals surface area (Å²) in [6.07, 6.45) is 3.76. The zero-order valence-corrected chi connectivity index (χ0v) is 11.1. The Balaban J connectivity index is 2.29. The van der Waals surface area contributed by atoms with E-state index in [0.717, 1.165) is 6.54 Å². The van der Waals surface area contributed by atoms with Crippen LogP contribution in [0.15, 0.2) is 24.3 Å². The summed E-state index contributed by atoms with van der Waals surface area (Å²) in [5.74, 6) is 0. The van der Waals surface area contributed by atoms with Gasteiger partial charge in [-0.2, -0.15) is 0 Å². The van der Waals surface area contributed by atoms with Gasteiger partial charge in [0.05, 0.1) is 0 Å². The molecule has 0 saturated carbocycles. The summed E-state index contributed by atoms with van der Waals surface area (Å²) in [5, 5.41) is 3.62. The van der Waals surface area contributed by atoms with Crippen LogP contribution in [0.25, 0.3) is 0 Å². The van der Waals surface area contributed by atoms with Crippen LogP contribution in [0.1, 0.15) is 44.7 Å². The number of hydrogen-bond donors (Lipinski definition) is 1. The van der Waals surface area contributed by atoms with Crippen molar-refractivity contribution >= 4 is 5.69 Å². The van der Waals surface area contributed by atoms with E-state index >= 15 is 0 Å². The zero-order chi connectivity index (χ0) is 12.1. The number of fused-ring (bicyclic) bond motifs is 1. The lowest BCUT2D eigenvalue weighted by Gasteiger charge is -2.25. The zero-order valence-electron chi connectivity index (χ0n) is 11.1. The summed E-state index contributed by atoms with van der Waals surface area (Å²) in [7, 11) is 0. The fraction of sp³-hybridized carbons (Fsp3) is 0.600. The van der Waals surface area contributed by atoms with Gasteiger partial charge in [-0.15, -0.1) is 0 Å². The van der Waals surface area contributed by atoms with Crippen molar-refractivity contribution in [1.82, 2.24) is 5.32 Å². The van der Waals surface area contributed by atoms with E-state index in [9.17, 15) is 0 Å². The Morgan fingerprint density at radius 2 is 2.12 bits per heavy atom. The van der Waals surface area contributed by atoms with Gasteiger partial charge in [0.25, 0.3) is 0 Å². The molecular weight excluding hydrogens is 208 g/mol. The minimum absolute atomic E-state index is 0.540. The molecule has 1 N–H and O–H groups in total. The Kier molecular flexibility index (Phi) is 4.43. The lowest BCUT2D eigenvalue weighted by atomic mass is 10.0. The largest absolute Gasteiger partial charge is 0.371 e. The smallest absolute Gasteiger partial charge is 0.0414 e. The first kappa shape index (κ1) is 12.4. The van der Waals surface area contributed by atoms with Crippen LogP contribution in [0.4, 0.5) is 5.69 Å². The van der Waals surface area contributed by atoms with Gasteiger partial charge in [-0.05, 0) is 37.4 Å². The number of nitrogens with one attached hydrogen (secondary N) is 1. The summed E-state index contributed by atoms with van der Waals surface area (Å²) >= 11 is 0. The molecule has 94 valence electrons. The van der Waals surface area contributed by atoms with E-state index in [1.54, 1.807) is 0 Å². The molecule has 0 saturated heterocycles. The topological polar surface area (TPSA) is 15.3 Å². The Morgan fingerprint density at radius 3 is 2.88 bits per heavy atom. The van der Waals surface area contributed by atoms with Crippen LogP contribution in [0.5, 0.6) is 0 Å². The number of anilines is 1. The van der Waals surface area contributed by atoms with Crippen molar-refractivity contribution in [3.05, 3.63) is 29.8 Å². The van der Waals surface area contributed by atoms with Gasteiger partial charge in [0.1, 0.15) is 0 Å². The second-order valence-corrected chi connectivity index (χ2v) is 4.80. The normalized spacial score (nSPS) is 19.9. The molecule has 1 aliphatic heterocycles. The molecule has 0 amide bonds. The lowest BCUT2D eigenvalue weighted by molar-refractivity contribution is 0.510. The fourth-order valence-electron chi connectivity index (χ4n) is 2.79. The van der Waals surface area contributed by atoms with Gasteiger partial charge < -0.3 is 10.2 Å². The Labute approximate surface area is 105 Å².